The molecule has 6 atom stereocenters. The van der Waals surface area contributed by atoms with Gasteiger partial charge in [-0.15, -0.1) is 0 Å². The number of anilines is 1. The molecule has 1 N–H and O–H groups in total. The Balaban J connectivity index is 1.25. The van der Waals surface area contributed by atoms with Gasteiger partial charge in [-0.1, -0.05) is 29.8 Å². The lowest BCUT2D eigenvalue weighted by Crippen LogP contribution is -2.44. The average Bonchev–Trinajstić information content (AvgIpc) is 3.49. The summed E-state index contributed by atoms with van der Waals surface area (Å²) in [5, 5.41) is 0.720. The largest absolute Gasteiger partial charge is 0.487 e. The van der Waals surface area contributed by atoms with Gasteiger partial charge in [0.15, 0.2) is 0 Å². The third-order valence-electron chi connectivity index (χ3n) is 11.1. The smallest absolute Gasteiger partial charge is 0.264 e. The maximum Gasteiger partial charge on any atom is 0.264 e. The van der Waals surface area contributed by atoms with Gasteiger partial charge in [0.05, 0.1) is 22.6 Å². The zero-order valence-electron chi connectivity index (χ0n) is 26.6. The van der Waals surface area contributed by atoms with E-state index in [2.05, 4.69) is 21.8 Å². The Kier molecular flexibility index (Phi) is 9.13. The number of hydrogen-bond donors (Lipinski definition) is 1. The van der Waals surface area contributed by atoms with Crippen molar-refractivity contribution in [1.82, 2.24) is 4.72 Å². The molecule has 3 fully saturated rings. The molecule has 1 saturated heterocycles. The van der Waals surface area contributed by atoms with Crippen LogP contribution in [0.15, 0.2) is 48.6 Å². The van der Waals surface area contributed by atoms with Gasteiger partial charge in [-0.2, -0.15) is 0 Å². The van der Waals surface area contributed by atoms with E-state index in [4.69, 9.17) is 25.8 Å². The fraction of sp³-hybridized carbons (Fsp3) is 0.583. The lowest BCUT2D eigenvalue weighted by Gasteiger charge is -2.43. The van der Waals surface area contributed by atoms with Crippen molar-refractivity contribution in [1.29, 1.82) is 0 Å². The fourth-order valence-electron chi connectivity index (χ4n) is 8.21. The topological polar surface area (TPSA) is 94.2 Å². The average molecular weight is 669 g/mol. The van der Waals surface area contributed by atoms with E-state index >= 15 is 0 Å². The number of amides is 1. The van der Waals surface area contributed by atoms with E-state index in [0.29, 0.717) is 55.6 Å². The van der Waals surface area contributed by atoms with Crippen molar-refractivity contribution in [2.45, 2.75) is 87.8 Å². The number of sulfonamides is 1. The summed E-state index contributed by atoms with van der Waals surface area (Å²) in [5.74, 6) is 0.801. The number of nitrogens with one attached hydrogen (secondary N) is 1. The molecular formula is C36H45ClN2O6S. The number of hydrogen-bond acceptors (Lipinski definition) is 7. The highest BCUT2D eigenvalue weighted by atomic mass is 35.5. The molecule has 3 aliphatic heterocycles. The summed E-state index contributed by atoms with van der Waals surface area (Å²) in [7, 11) is -2.22. The molecule has 46 heavy (non-hydrogen) atoms. The fourth-order valence-corrected chi connectivity index (χ4v) is 10.3. The van der Waals surface area contributed by atoms with E-state index in [0.717, 1.165) is 74.3 Å². The quantitative estimate of drug-likeness (QED) is 0.376. The van der Waals surface area contributed by atoms with Gasteiger partial charge in [0.25, 0.3) is 5.91 Å². The predicted octanol–water partition coefficient (Wildman–Crippen LogP) is 6.45. The summed E-state index contributed by atoms with van der Waals surface area (Å²) in [4.78, 5) is 16.1. The third-order valence-corrected chi connectivity index (χ3v) is 13.6. The molecular weight excluding hydrogens is 624 g/mol. The number of nitrogens with zero attached hydrogens (tertiary/aromatic N) is 1. The summed E-state index contributed by atoms with van der Waals surface area (Å²) >= 11 is 6.35. The standard InChI is InChI=1S/C36H45ClN2O6S/c1-43-33-9-4-7-28-20-36(28,21-30-8-5-17-44-30)46(41,42)38-35(40)25-12-15-34-32(19-25)39(22-26-11-14-31(26)33)16-3-2-6-24-18-29(37)13-10-27(24)23-45-34/h4,9-10,12-13,15,18-19,26,28,30-31,33H,2-3,5-8,11,14,16-17,20-23H2,1H3,(H,38,40)/b9-4+/t26-,28+,30-,31+,33-,36-/m0/s1. The zero-order chi connectivity index (χ0) is 31.9. The van der Waals surface area contributed by atoms with Crippen LogP contribution in [0.4, 0.5) is 5.69 Å². The van der Waals surface area contributed by atoms with Gasteiger partial charge in [0, 0.05) is 37.4 Å². The molecule has 3 heterocycles. The van der Waals surface area contributed by atoms with Crippen molar-refractivity contribution in [3.05, 3.63) is 70.3 Å². The van der Waals surface area contributed by atoms with E-state index in [9.17, 15) is 13.2 Å². The minimum atomic E-state index is -3.99. The molecule has 2 saturated carbocycles. The van der Waals surface area contributed by atoms with Crippen LogP contribution >= 0.6 is 11.6 Å². The number of carbonyl (C=O) groups is 1. The van der Waals surface area contributed by atoms with E-state index in [1.807, 2.05) is 30.3 Å². The maximum atomic E-state index is 14.1. The SMILES string of the molecule is CO[C@H]1/C=C/C[C@@H]2C[C@@]2(C[C@@H]2CCCO2)S(=O)(=O)NC(=O)c2ccc3c(c2)N(CCCCc2cc(Cl)ccc2CO3)C[C@@H]2CC[C@H]21. The van der Waals surface area contributed by atoms with Crippen molar-refractivity contribution in [3.63, 3.8) is 0 Å². The monoisotopic (exact) mass is 668 g/mol. The second-order valence-electron chi connectivity index (χ2n) is 13.9. The summed E-state index contributed by atoms with van der Waals surface area (Å²) in [6.07, 6.45) is 12.5. The Morgan fingerprint density at radius 1 is 1.09 bits per heavy atom. The van der Waals surface area contributed by atoms with E-state index < -0.39 is 20.7 Å². The molecule has 2 aromatic carbocycles. The van der Waals surface area contributed by atoms with Crippen LogP contribution in [0.25, 0.3) is 0 Å². The molecule has 2 aromatic rings. The maximum absolute atomic E-state index is 14.1. The summed E-state index contributed by atoms with van der Waals surface area (Å²) < 4.78 is 48.0. The number of aryl methyl sites for hydroxylation is 1. The lowest BCUT2D eigenvalue weighted by molar-refractivity contribution is 0.0134. The molecule has 8 nitrogen and oxygen atoms in total. The van der Waals surface area contributed by atoms with Crippen molar-refractivity contribution < 1.29 is 27.4 Å². The van der Waals surface area contributed by atoms with Crippen molar-refractivity contribution in [2.75, 3.05) is 31.7 Å². The molecule has 0 spiro atoms. The highest BCUT2D eigenvalue weighted by Crippen LogP contribution is 2.56. The Bertz CT molecular complexity index is 1590. The van der Waals surface area contributed by atoms with Crippen LogP contribution in [-0.2, 0) is 32.5 Å². The highest BCUT2D eigenvalue weighted by molar-refractivity contribution is 7.91. The second-order valence-corrected chi connectivity index (χ2v) is 16.4. The van der Waals surface area contributed by atoms with Crippen molar-refractivity contribution in [3.8, 4) is 5.75 Å². The second kappa shape index (κ2) is 13.1. The van der Waals surface area contributed by atoms with Gasteiger partial charge >= 0.3 is 0 Å². The molecule has 10 heteroatoms. The van der Waals surface area contributed by atoms with E-state index in [-0.39, 0.29) is 18.1 Å². The Labute approximate surface area is 277 Å². The normalized spacial score (nSPS) is 33.1. The van der Waals surface area contributed by atoms with Gasteiger partial charge < -0.3 is 19.1 Å². The number of benzene rings is 2. The molecule has 248 valence electrons. The summed E-state index contributed by atoms with van der Waals surface area (Å²) in [6, 6.07) is 11.3. The first-order valence-corrected chi connectivity index (χ1v) is 18.8. The van der Waals surface area contributed by atoms with Gasteiger partial charge in [0.1, 0.15) is 12.4 Å². The molecule has 0 radical (unpaired) electrons. The summed E-state index contributed by atoms with van der Waals surface area (Å²) in [6.45, 7) is 2.63. The van der Waals surface area contributed by atoms with Crippen LogP contribution < -0.4 is 14.4 Å². The number of methoxy groups -OCH3 is 1. The summed E-state index contributed by atoms with van der Waals surface area (Å²) in [5.41, 5.74) is 3.42. The molecule has 2 aliphatic carbocycles. The van der Waals surface area contributed by atoms with E-state index in [1.165, 1.54) is 5.56 Å². The number of allylic oxidation sites excluding steroid dienone is 1. The van der Waals surface area contributed by atoms with Crippen molar-refractivity contribution in [2.24, 2.45) is 17.8 Å². The third kappa shape index (κ3) is 6.32. The number of halogens is 1. The first-order valence-electron chi connectivity index (χ1n) is 16.9. The predicted molar refractivity (Wildman–Crippen MR) is 179 cm³/mol. The number of carbonyl (C=O) groups excluding carboxylic acids is 1. The van der Waals surface area contributed by atoms with Crippen LogP contribution in [0.5, 0.6) is 5.75 Å². The number of rotatable bonds is 3. The van der Waals surface area contributed by atoms with E-state index in [1.54, 1.807) is 13.2 Å². The van der Waals surface area contributed by atoms with Gasteiger partial charge in [-0.3, -0.25) is 4.79 Å². The molecule has 2 bridgehead atoms. The van der Waals surface area contributed by atoms with Gasteiger partial charge in [-0.25, -0.2) is 13.1 Å². The van der Waals surface area contributed by atoms with Gasteiger partial charge in [0.2, 0.25) is 10.0 Å². The molecule has 5 aliphatic rings. The first-order chi connectivity index (χ1) is 22.3. The van der Waals surface area contributed by atoms with Crippen LogP contribution in [0.1, 0.15) is 79.3 Å². The van der Waals surface area contributed by atoms with Crippen molar-refractivity contribution >= 4 is 33.2 Å². The van der Waals surface area contributed by atoms with Gasteiger partial charge in [-0.05, 0) is 123 Å². The number of fused-ring (bicyclic) bond motifs is 4. The Morgan fingerprint density at radius 2 is 1.98 bits per heavy atom. The zero-order valence-corrected chi connectivity index (χ0v) is 28.2. The Hall–Kier alpha value is -2.59. The van der Waals surface area contributed by atoms with Crippen LogP contribution in [0.2, 0.25) is 5.02 Å². The molecule has 0 aromatic heterocycles. The first kappa shape index (κ1) is 32.0. The highest BCUT2D eigenvalue weighted by Gasteiger charge is 2.64. The van der Waals surface area contributed by atoms with Crippen LogP contribution in [0, 0.1) is 17.8 Å². The Morgan fingerprint density at radius 3 is 2.76 bits per heavy atom. The minimum Gasteiger partial charge on any atom is -0.487 e. The molecule has 1 amide bonds. The molecule has 0 unspecified atom stereocenters. The molecule has 7 rings (SSSR count). The minimum absolute atomic E-state index is 0.0282. The number of ether oxygens (including phenoxy) is 3. The lowest BCUT2D eigenvalue weighted by atomic mass is 9.70. The van der Waals surface area contributed by atoms with Crippen LogP contribution in [-0.4, -0.2) is 58.1 Å². The van der Waals surface area contributed by atoms with Crippen LogP contribution in [0.3, 0.4) is 0 Å².